The van der Waals surface area contributed by atoms with Crippen LogP contribution in [-0.2, 0) is 14.4 Å². The van der Waals surface area contributed by atoms with E-state index in [1.807, 2.05) is 18.2 Å². The number of amides is 3. The Morgan fingerprint density at radius 1 is 1.04 bits per heavy atom. The molecule has 1 aromatic rings. The van der Waals surface area contributed by atoms with E-state index in [9.17, 15) is 14.4 Å². The van der Waals surface area contributed by atoms with Gasteiger partial charge >= 0.3 is 0 Å². The molecule has 3 fully saturated rings. The molecule has 128 valence electrons. The normalized spacial score (nSPS) is 38.4. The Morgan fingerprint density at radius 3 is 2.16 bits per heavy atom. The highest BCUT2D eigenvalue weighted by Gasteiger charge is 2.67. The van der Waals surface area contributed by atoms with Gasteiger partial charge in [-0.1, -0.05) is 30.4 Å². The molecular formula is C20H20N2O3. The first-order valence-corrected chi connectivity index (χ1v) is 8.99. The number of likely N-dealkylation sites (tertiary alicyclic amines) is 1. The summed E-state index contributed by atoms with van der Waals surface area (Å²) in [6.07, 6.45) is 5.42. The molecule has 25 heavy (non-hydrogen) atoms. The third-order valence-corrected chi connectivity index (χ3v) is 6.50. The molecule has 5 nitrogen and oxygen atoms in total. The van der Waals surface area contributed by atoms with Crippen LogP contribution < -0.4 is 5.32 Å². The highest BCUT2D eigenvalue weighted by molar-refractivity contribution is 6.10. The third kappa shape index (κ3) is 1.98. The smallest absolute Gasteiger partial charge is 0.247 e. The van der Waals surface area contributed by atoms with Crippen molar-refractivity contribution >= 4 is 23.4 Å². The van der Waals surface area contributed by atoms with Crippen LogP contribution in [0.5, 0.6) is 0 Å². The van der Waals surface area contributed by atoms with Crippen molar-refractivity contribution in [1.82, 2.24) is 4.90 Å². The largest absolute Gasteiger partial charge is 0.324 e. The molecule has 1 aliphatic heterocycles. The number of benzene rings is 1. The van der Waals surface area contributed by atoms with E-state index in [-0.39, 0.29) is 41.4 Å². The fourth-order valence-electron chi connectivity index (χ4n) is 5.25. The lowest BCUT2D eigenvalue weighted by Crippen LogP contribution is -2.46. The van der Waals surface area contributed by atoms with Crippen LogP contribution in [0.3, 0.4) is 0 Å². The van der Waals surface area contributed by atoms with Crippen molar-refractivity contribution in [2.45, 2.75) is 19.4 Å². The molecule has 1 heterocycles. The van der Waals surface area contributed by atoms with Crippen LogP contribution in [0, 0.1) is 35.5 Å². The van der Waals surface area contributed by atoms with Crippen LogP contribution in [-0.4, -0.2) is 28.7 Å². The van der Waals surface area contributed by atoms with Gasteiger partial charge in [-0.15, -0.1) is 0 Å². The van der Waals surface area contributed by atoms with Crippen LogP contribution in [0.4, 0.5) is 5.69 Å². The van der Waals surface area contributed by atoms with Gasteiger partial charge in [0, 0.05) is 5.69 Å². The van der Waals surface area contributed by atoms with E-state index < -0.39 is 6.04 Å². The summed E-state index contributed by atoms with van der Waals surface area (Å²) in [5.74, 6) is 0.374. The molecule has 0 radical (unpaired) electrons. The van der Waals surface area contributed by atoms with Crippen LogP contribution >= 0.6 is 0 Å². The first-order chi connectivity index (χ1) is 12.1. The second-order valence-electron chi connectivity index (χ2n) is 7.73. The summed E-state index contributed by atoms with van der Waals surface area (Å²) in [5, 5.41) is 2.80. The van der Waals surface area contributed by atoms with Crippen molar-refractivity contribution in [2.24, 2.45) is 35.5 Å². The zero-order chi connectivity index (χ0) is 17.3. The Bertz CT molecular complexity index is 766. The predicted molar refractivity (Wildman–Crippen MR) is 91.1 cm³/mol. The average Bonchev–Trinajstić information content (AvgIpc) is 3.40. The first-order valence-electron chi connectivity index (χ1n) is 8.99. The van der Waals surface area contributed by atoms with Gasteiger partial charge in [0.2, 0.25) is 17.7 Å². The van der Waals surface area contributed by atoms with Crippen LogP contribution in [0.1, 0.15) is 13.3 Å². The number of hydrogen-bond acceptors (Lipinski definition) is 3. The monoisotopic (exact) mass is 336 g/mol. The van der Waals surface area contributed by atoms with E-state index in [2.05, 4.69) is 17.5 Å². The number of nitrogens with one attached hydrogen (secondary N) is 1. The van der Waals surface area contributed by atoms with Crippen molar-refractivity contribution in [2.75, 3.05) is 5.32 Å². The van der Waals surface area contributed by atoms with Gasteiger partial charge in [-0.25, -0.2) is 0 Å². The molecular weight excluding hydrogens is 316 g/mol. The molecule has 2 saturated carbocycles. The molecule has 6 rings (SSSR count). The maximum Gasteiger partial charge on any atom is 0.247 e. The topological polar surface area (TPSA) is 66.5 Å². The van der Waals surface area contributed by atoms with Gasteiger partial charge < -0.3 is 5.32 Å². The molecule has 7 atom stereocenters. The summed E-state index contributed by atoms with van der Waals surface area (Å²) in [5.41, 5.74) is 0.666. The second-order valence-corrected chi connectivity index (χ2v) is 7.73. The maximum atomic E-state index is 13.0. The number of nitrogens with zero attached hydrogens (tertiary/aromatic N) is 1. The number of anilines is 1. The van der Waals surface area contributed by atoms with Crippen molar-refractivity contribution in [3.63, 3.8) is 0 Å². The molecule has 0 unspecified atom stereocenters. The Balaban J connectivity index is 1.39. The van der Waals surface area contributed by atoms with Crippen LogP contribution in [0.25, 0.3) is 0 Å². The van der Waals surface area contributed by atoms with E-state index >= 15 is 0 Å². The van der Waals surface area contributed by atoms with Gasteiger partial charge in [0.25, 0.3) is 0 Å². The summed E-state index contributed by atoms with van der Waals surface area (Å²) in [7, 11) is 0. The number of carbonyl (C=O) groups excluding carboxylic acids is 3. The second kappa shape index (κ2) is 5.04. The van der Waals surface area contributed by atoms with Gasteiger partial charge in [0.1, 0.15) is 6.04 Å². The van der Waals surface area contributed by atoms with Crippen LogP contribution in [0.15, 0.2) is 42.5 Å². The zero-order valence-corrected chi connectivity index (χ0v) is 14.0. The third-order valence-electron chi connectivity index (χ3n) is 6.50. The molecule has 4 aliphatic carbocycles. The number of carbonyl (C=O) groups is 3. The SMILES string of the molecule is C[C@H](C(=O)Nc1ccccc1)N1C(=O)[C@H]2[C@@H]3C=C[C@H]([C@H]4C[C@H]34)[C@@H]2C1=O. The summed E-state index contributed by atoms with van der Waals surface area (Å²) in [6, 6.07) is 8.31. The lowest BCUT2D eigenvalue weighted by atomic mass is 9.63. The van der Waals surface area contributed by atoms with Gasteiger partial charge in [-0.3, -0.25) is 19.3 Å². The Labute approximate surface area is 146 Å². The maximum absolute atomic E-state index is 13.0. The summed E-state index contributed by atoms with van der Waals surface area (Å²) in [4.78, 5) is 39.8. The van der Waals surface area contributed by atoms with Crippen molar-refractivity contribution in [3.8, 4) is 0 Å². The molecule has 0 aromatic heterocycles. The quantitative estimate of drug-likeness (QED) is 0.679. The number of imide groups is 1. The summed E-state index contributed by atoms with van der Waals surface area (Å²) < 4.78 is 0. The molecule has 2 bridgehead atoms. The fourth-order valence-corrected chi connectivity index (χ4v) is 5.25. The highest BCUT2D eigenvalue weighted by Crippen LogP contribution is 2.65. The van der Waals surface area contributed by atoms with E-state index in [1.54, 1.807) is 19.1 Å². The summed E-state index contributed by atoms with van der Waals surface area (Å²) >= 11 is 0. The minimum atomic E-state index is -0.790. The average molecular weight is 336 g/mol. The zero-order valence-electron chi connectivity index (χ0n) is 14.0. The lowest BCUT2D eigenvalue weighted by Gasteiger charge is -2.37. The molecule has 5 heteroatoms. The van der Waals surface area contributed by atoms with Crippen molar-refractivity contribution in [3.05, 3.63) is 42.5 Å². The molecule has 1 saturated heterocycles. The lowest BCUT2D eigenvalue weighted by molar-refractivity contribution is -0.146. The van der Waals surface area contributed by atoms with E-state index in [4.69, 9.17) is 0 Å². The van der Waals surface area contributed by atoms with Crippen molar-refractivity contribution < 1.29 is 14.4 Å². The molecule has 3 amide bonds. The van der Waals surface area contributed by atoms with Gasteiger partial charge in [0.15, 0.2) is 0 Å². The van der Waals surface area contributed by atoms with E-state index in [0.717, 1.165) is 6.42 Å². The Kier molecular flexibility index (Phi) is 3.00. The van der Waals surface area contributed by atoms with Gasteiger partial charge in [-0.2, -0.15) is 0 Å². The van der Waals surface area contributed by atoms with Gasteiger partial charge in [0.05, 0.1) is 11.8 Å². The Morgan fingerprint density at radius 2 is 1.60 bits per heavy atom. The molecule has 1 N–H and O–H groups in total. The fraction of sp³-hybridized carbons (Fsp3) is 0.450. The predicted octanol–water partition coefficient (Wildman–Crippen LogP) is 2.07. The number of para-hydroxylation sites is 1. The summed E-state index contributed by atoms with van der Waals surface area (Å²) in [6.45, 7) is 1.64. The van der Waals surface area contributed by atoms with Crippen LogP contribution in [0.2, 0.25) is 0 Å². The Hall–Kier alpha value is -2.43. The minimum Gasteiger partial charge on any atom is -0.324 e. The molecule has 0 spiro atoms. The first kappa shape index (κ1) is 14.9. The standard InChI is InChI=1S/C20H20N2O3/c1-10(18(23)21-11-5-3-2-4-6-11)22-19(24)16-12-7-8-13(15-9-14(12)15)17(16)20(22)25/h2-8,10,12-17H,9H2,1H3,(H,21,23)/t10-,12-,13-,14-,15-,16+,17+/m1/s1. The van der Waals surface area contributed by atoms with Gasteiger partial charge in [-0.05, 0) is 49.1 Å². The minimum absolute atomic E-state index is 0.157. The number of allylic oxidation sites excluding steroid dienone is 2. The van der Waals surface area contributed by atoms with Crippen molar-refractivity contribution in [1.29, 1.82) is 0 Å². The van der Waals surface area contributed by atoms with E-state index in [0.29, 0.717) is 17.5 Å². The molecule has 1 aromatic carbocycles. The van der Waals surface area contributed by atoms with E-state index in [1.165, 1.54) is 4.90 Å². The molecule has 5 aliphatic rings. The highest BCUT2D eigenvalue weighted by atomic mass is 16.2. The number of rotatable bonds is 3. The number of hydrogen-bond donors (Lipinski definition) is 1.